The number of rotatable bonds is 7. The smallest absolute Gasteiger partial charge is 0.269 e. The van der Waals surface area contributed by atoms with Crippen LogP contribution in [0, 0.1) is 17.0 Å². The summed E-state index contributed by atoms with van der Waals surface area (Å²) in [4.78, 5) is 39.3. The van der Waals surface area contributed by atoms with E-state index >= 15 is 0 Å². The lowest BCUT2D eigenvalue weighted by Gasteiger charge is -2.30. The van der Waals surface area contributed by atoms with Gasteiger partial charge < -0.3 is 24.4 Å². The van der Waals surface area contributed by atoms with Gasteiger partial charge in [-0.25, -0.2) is 0 Å². The Hall–Kier alpha value is -4.60. The second-order valence-corrected chi connectivity index (χ2v) is 8.59. The molecule has 2 amide bonds. The van der Waals surface area contributed by atoms with Crippen molar-refractivity contribution in [3.05, 3.63) is 87.5 Å². The second-order valence-electron chi connectivity index (χ2n) is 8.59. The second kappa shape index (κ2) is 10.6. The zero-order chi connectivity index (χ0) is 26.7. The van der Waals surface area contributed by atoms with E-state index in [1.54, 1.807) is 44.4 Å². The van der Waals surface area contributed by atoms with Gasteiger partial charge in [-0.2, -0.15) is 0 Å². The van der Waals surface area contributed by atoms with Gasteiger partial charge in [0.2, 0.25) is 0 Å². The third kappa shape index (κ3) is 5.18. The van der Waals surface area contributed by atoms with Crippen LogP contribution in [0.1, 0.15) is 29.7 Å². The molecular weight excluding hydrogens is 478 g/mol. The van der Waals surface area contributed by atoms with Gasteiger partial charge >= 0.3 is 0 Å². The third-order valence-electron chi connectivity index (χ3n) is 6.20. The highest BCUT2D eigenvalue weighted by atomic mass is 16.6. The average Bonchev–Trinajstić information content (AvgIpc) is 2.99. The van der Waals surface area contributed by atoms with Crippen molar-refractivity contribution < 1.29 is 28.7 Å². The third-order valence-corrected chi connectivity index (χ3v) is 6.20. The predicted molar refractivity (Wildman–Crippen MR) is 136 cm³/mol. The van der Waals surface area contributed by atoms with Gasteiger partial charge in [-0.3, -0.25) is 19.7 Å². The number of amides is 2. The molecule has 192 valence electrons. The summed E-state index contributed by atoms with van der Waals surface area (Å²) in [5, 5.41) is 13.8. The molecule has 37 heavy (non-hydrogen) atoms. The van der Waals surface area contributed by atoms with E-state index < -0.39 is 23.0 Å². The van der Waals surface area contributed by atoms with Crippen LogP contribution in [0.4, 0.5) is 11.4 Å². The molecule has 3 aromatic rings. The minimum absolute atomic E-state index is 0.0609. The van der Waals surface area contributed by atoms with Gasteiger partial charge in [-0.05, 0) is 43.7 Å². The number of methoxy groups -OCH3 is 2. The highest BCUT2D eigenvalue weighted by Gasteiger charge is 2.40. The molecule has 0 saturated heterocycles. The maximum atomic E-state index is 13.8. The van der Waals surface area contributed by atoms with Gasteiger partial charge in [0, 0.05) is 35.0 Å². The van der Waals surface area contributed by atoms with E-state index in [2.05, 4.69) is 5.32 Å². The van der Waals surface area contributed by atoms with E-state index in [-0.39, 0.29) is 18.1 Å². The van der Waals surface area contributed by atoms with Crippen molar-refractivity contribution in [2.45, 2.75) is 32.5 Å². The van der Waals surface area contributed by atoms with Crippen molar-refractivity contribution in [3.8, 4) is 17.2 Å². The number of para-hydroxylation sites is 1. The Morgan fingerprint density at radius 1 is 1.11 bits per heavy atom. The molecule has 10 heteroatoms. The molecule has 0 fully saturated rings. The van der Waals surface area contributed by atoms with E-state index in [0.717, 1.165) is 5.56 Å². The van der Waals surface area contributed by atoms with E-state index in [1.807, 2.05) is 13.0 Å². The molecule has 0 spiro atoms. The lowest BCUT2D eigenvalue weighted by Crippen LogP contribution is -2.44. The van der Waals surface area contributed by atoms with Crippen molar-refractivity contribution in [3.63, 3.8) is 0 Å². The molecule has 1 N–H and O–H groups in total. The van der Waals surface area contributed by atoms with Crippen LogP contribution in [-0.2, 0) is 16.1 Å². The number of hydrogen-bond acceptors (Lipinski definition) is 7. The first-order valence-electron chi connectivity index (χ1n) is 11.6. The molecule has 0 saturated carbocycles. The lowest BCUT2D eigenvalue weighted by atomic mass is 9.99. The minimum Gasteiger partial charge on any atom is -0.497 e. The van der Waals surface area contributed by atoms with Gasteiger partial charge in [0.1, 0.15) is 23.3 Å². The van der Waals surface area contributed by atoms with Crippen LogP contribution in [0.3, 0.4) is 0 Å². The molecule has 2 unspecified atom stereocenters. The maximum Gasteiger partial charge on any atom is 0.269 e. The summed E-state index contributed by atoms with van der Waals surface area (Å²) in [6.07, 6.45) is -0.846. The Morgan fingerprint density at radius 3 is 2.49 bits per heavy atom. The van der Waals surface area contributed by atoms with Crippen LogP contribution in [0.5, 0.6) is 17.2 Å². The highest BCUT2D eigenvalue weighted by molar-refractivity contribution is 5.99. The molecule has 4 rings (SSSR count). The number of fused-ring (bicyclic) bond motifs is 1. The molecule has 0 bridgehead atoms. The SMILES string of the molecule is COc1ccc(CN2C(=O)C(C)Oc3c(C)cccc3C2C(=O)Nc2ccc([N+](=O)[O-])cc2)c(OC)c1. The molecule has 0 aromatic heterocycles. The number of ether oxygens (including phenoxy) is 3. The summed E-state index contributed by atoms with van der Waals surface area (Å²) in [6, 6.07) is 15.1. The fraction of sp³-hybridized carbons (Fsp3) is 0.259. The van der Waals surface area contributed by atoms with Gasteiger partial charge in [0.15, 0.2) is 6.10 Å². The molecular formula is C27H27N3O7. The normalized spacial score (nSPS) is 16.8. The summed E-state index contributed by atoms with van der Waals surface area (Å²) in [5.74, 6) is 0.699. The van der Waals surface area contributed by atoms with E-state index in [4.69, 9.17) is 14.2 Å². The molecule has 0 aliphatic carbocycles. The van der Waals surface area contributed by atoms with E-state index in [0.29, 0.717) is 34.1 Å². The van der Waals surface area contributed by atoms with Gasteiger partial charge in [0.05, 0.1) is 25.7 Å². The largest absolute Gasteiger partial charge is 0.497 e. The average molecular weight is 506 g/mol. The van der Waals surface area contributed by atoms with Crippen LogP contribution in [0.25, 0.3) is 0 Å². The summed E-state index contributed by atoms with van der Waals surface area (Å²) in [6.45, 7) is 3.56. The van der Waals surface area contributed by atoms with Gasteiger partial charge in [-0.1, -0.05) is 18.2 Å². The number of carbonyl (C=O) groups excluding carboxylic acids is 2. The van der Waals surface area contributed by atoms with E-state index in [9.17, 15) is 19.7 Å². The number of carbonyl (C=O) groups is 2. The zero-order valence-electron chi connectivity index (χ0n) is 20.9. The topological polar surface area (TPSA) is 120 Å². The van der Waals surface area contributed by atoms with Crippen molar-refractivity contribution in [1.29, 1.82) is 0 Å². The first kappa shape index (κ1) is 25.5. The number of non-ortho nitro benzene ring substituents is 1. The zero-order valence-corrected chi connectivity index (χ0v) is 20.9. The van der Waals surface area contributed by atoms with Crippen molar-refractivity contribution in [1.82, 2.24) is 4.90 Å². The number of benzene rings is 3. The monoisotopic (exact) mass is 505 g/mol. The standard InChI is InChI=1S/C27H27N3O7/c1-16-6-5-7-22-24(26(31)28-19-9-11-20(12-10-19)30(33)34)29(27(32)17(2)37-25(16)22)15-18-8-13-21(35-3)14-23(18)36-4/h5-14,17,24H,15H2,1-4H3,(H,28,31). The molecule has 3 aromatic carbocycles. The van der Waals surface area contributed by atoms with Crippen LogP contribution in [-0.4, -0.2) is 42.0 Å². The summed E-state index contributed by atoms with van der Waals surface area (Å²) in [7, 11) is 3.06. The summed E-state index contributed by atoms with van der Waals surface area (Å²) in [5.41, 5.74) is 2.25. The number of nitro benzene ring substituents is 1. The number of nitrogens with zero attached hydrogens (tertiary/aromatic N) is 2. The minimum atomic E-state index is -1.05. The first-order chi connectivity index (χ1) is 17.7. The number of nitrogens with one attached hydrogen (secondary N) is 1. The van der Waals surface area contributed by atoms with Crippen LogP contribution in [0.2, 0.25) is 0 Å². The Morgan fingerprint density at radius 2 is 1.84 bits per heavy atom. The predicted octanol–water partition coefficient (Wildman–Crippen LogP) is 4.41. The molecule has 1 aliphatic heterocycles. The lowest BCUT2D eigenvalue weighted by molar-refractivity contribution is -0.384. The Labute approximate surface area is 213 Å². The summed E-state index contributed by atoms with van der Waals surface area (Å²) < 4.78 is 16.8. The summed E-state index contributed by atoms with van der Waals surface area (Å²) >= 11 is 0. The van der Waals surface area contributed by atoms with Gasteiger partial charge in [0.25, 0.3) is 17.5 Å². The number of aryl methyl sites for hydroxylation is 1. The van der Waals surface area contributed by atoms with Gasteiger partial charge in [-0.15, -0.1) is 0 Å². The maximum absolute atomic E-state index is 13.8. The fourth-order valence-corrected chi connectivity index (χ4v) is 4.30. The number of anilines is 1. The van der Waals surface area contributed by atoms with Crippen molar-refractivity contribution >= 4 is 23.2 Å². The molecule has 2 atom stereocenters. The Balaban J connectivity index is 1.78. The van der Waals surface area contributed by atoms with Crippen LogP contribution < -0.4 is 19.5 Å². The first-order valence-corrected chi connectivity index (χ1v) is 11.6. The molecule has 1 aliphatic rings. The fourth-order valence-electron chi connectivity index (χ4n) is 4.30. The van der Waals surface area contributed by atoms with Crippen molar-refractivity contribution in [2.75, 3.05) is 19.5 Å². The number of nitro groups is 1. The Bertz CT molecular complexity index is 1340. The van der Waals surface area contributed by atoms with Crippen LogP contribution in [0.15, 0.2) is 60.7 Å². The molecule has 10 nitrogen and oxygen atoms in total. The highest BCUT2D eigenvalue weighted by Crippen LogP contribution is 2.39. The van der Waals surface area contributed by atoms with Crippen LogP contribution >= 0.6 is 0 Å². The van der Waals surface area contributed by atoms with E-state index in [1.165, 1.54) is 36.3 Å². The number of hydrogen-bond donors (Lipinski definition) is 1. The Kier molecular flexibility index (Phi) is 7.28. The quantitative estimate of drug-likeness (QED) is 0.373. The molecule has 1 heterocycles. The van der Waals surface area contributed by atoms with Crippen molar-refractivity contribution in [2.24, 2.45) is 0 Å². The molecule has 0 radical (unpaired) electrons.